The van der Waals surface area contributed by atoms with Gasteiger partial charge in [-0.15, -0.1) is 6.58 Å². The maximum Gasteiger partial charge on any atom is 0.420 e. The third kappa shape index (κ3) is 7.87. The topological polar surface area (TPSA) is 175 Å². The first-order valence-corrected chi connectivity index (χ1v) is 14.4. The summed E-state index contributed by atoms with van der Waals surface area (Å²) < 4.78 is 23.5. The molecule has 0 radical (unpaired) electrons. The molecule has 1 aliphatic rings. The highest BCUT2D eigenvalue weighted by Gasteiger charge is 2.30. The lowest BCUT2D eigenvalue weighted by molar-refractivity contribution is -0.112. The minimum atomic E-state index is -0.995. The Hall–Kier alpha value is -4.13. The zero-order valence-electron chi connectivity index (χ0n) is 26.0. The molecule has 1 aromatic heterocycles. The van der Waals surface area contributed by atoms with Gasteiger partial charge in [0.05, 0.1) is 23.4 Å². The summed E-state index contributed by atoms with van der Waals surface area (Å²) in [4.78, 5) is 37.6. The van der Waals surface area contributed by atoms with Gasteiger partial charge < -0.3 is 39.9 Å². The number of hydrogen-bond acceptors (Lipinski definition) is 9. The van der Waals surface area contributed by atoms with Crippen molar-refractivity contribution in [2.24, 2.45) is 17.6 Å². The average molecular weight is 614 g/mol. The fraction of sp³-hybridized carbons (Fsp3) is 0.469. The van der Waals surface area contributed by atoms with E-state index in [-0.39, 0.29) is 41.5 Å². The zero-order valence-corrected chi connectivity index (χ0v) is 26.0. The second kappa shape index (κ2) is 15.0. The lowest BCUT2D eigenvalue weighted by Gasteiger charge is -2.29. The van der Waals surface area contributed by atoms with Gasteiger partial charge in [0.15, 0.2) is 11.7 Å². The molecule has 3 rings (SSSR count). The average Bonchev–Trinajstić information content (AvgIpc) is 3.28. The van der Waals surface area contributed by atoms with Gasteiger partial charge in [-0.2, -0.15) is 0 Å². The molecule has 44 heavy (non-hydrogen) atoms. The van der Waals surface area contributed by atoms with Crippen LogP contribution in [0.25, 0.3) is 11.1 Å². The normalized spacial score (nSPS) is 28.8. The van der Waals surface area contributed by atoms with E-state index in [4.69, 9.17) is 24.4 Å². The van der Waals surface area contributed by atoms with Gasteiger partial charge in [0.1, 0.15) is 11.9 Å². The molecule has 6 atom stereocenters. The number of carbonyl (C=O) groups excluding carboxylic acids is 2. The van der Waals surface area contributed by atoms with E-state index >= 15 is 0 Å². The van der Waals surface area contributed by atoms with E-state index < -0.39 is 48.1 Å². The quantitative estimate of drug-likeness (QED) is 0.287. The largest absolute Gasteiger partial charge is 0.505 e. The second-order valence-electron chi connectivity index (χ2n) is 11.2. The summed E-state index contributed by atoms with van der Waals surface area (Å²) in [5, 5.41) is 25.4. The number of aliphatic hydroxyl groups is 1. The van der Waals surface area contributed by atoms with Crippen LogP contribution in [0.1, 0.15) is 39.7 Å². The minimum absolute atomic E-state index is 0.0697. The third-order valence-corrected chi connectivity index (χ3v) is 7.79. The number of amides is 2. The van der Waals surface area contributed by atoms with E-state index in [1.807, 2.05) is 13.8 Å². The van der Waals surface area contributed by atoms with Gasteiger partial charge in [0, 0.05) is 43.9 Å². The molecule has 12 nitrogen and oxygen atoms in total. The number of aromatic hydroxyl groups is 1. The Bertz CT molecular complexity index is 1520. The van der Waals surface area contributed by atoms with E-state index in [1.165, 1.54) is 30.9 Å². The molecular weight excluding hydrogens is 570 g/mol. The number of carbonyl (C=O) groups is 2. The number of phenols is 1. The highest BCUT2D eigenvalue weighted by Crippen LogP contribution is 2.38. The number of nitrogens with one attached hydrogen (secondary N) is 1. The van der Waals surface area contributed by atoms with Crippen molar-refractivity contribution >= 4 is 28.8 Å². The van der Waals surface area contributed by atoms with Gasteiger partial charge in [-0.3, -0.25) is 9.36 Å². The van der Waals surface area contributed by atoms with Crippen LogP contribution in [0.15, 0.2) is 63.4 Å². The summed E-state index contributed by atoms with van der Waals surface area (Å²) in [6.07, 6.45) is 4.43. The minimum Gasteiger partial charge on any atom is -0.505 e. The van der Waals surface area contributed by atoms with Crippen molar-refractivity contribution in [3.63, 3.8) is 0 Å². The van der Waals surface area contributed by atoms with Gasteiger partial charge >= 0.3 is 11.8 Å². The van der Waals surface area contributed by atoms with Crippen LogP contribution >= 0.6 is 0 Å². The van der Waals surface area contributed by atoms with Crippen LogP contribution in [0.5, 0.6) is 5.75 Å². The number of benzene rings is 1. The first-order valence-electron chi connectivity index (χ1n) is 14.4. The van der Waals surface area contributed by atoms with Gasteiger partial charge in [-0.05, 0) is 38.2 Å². The van der Waals surface area contributed by atoms with Crippen molar-refractivity contribution in [3.05, 3.63) is 70.3 Å². The van der Waals surface area contributed by atoms with Gasteiger partial charge in [-0.1, -0.05) is 44.2 Å². The molecule has 12 heteroatoms. The van der Waals surface area contributed by atoms with Crippen LogP contribution in [-0.2, 0) is 32.0 Å². The third-order valence-electron chi connectivity index (χ3n) is 7.79. The molecule has 1 aliphatic heterocycles. The molecule has 3 unspecified atom stereocenters. The van der Waals surface area contributed by atoms with Crippen molar-refractivity contribution in [2.75, 3.05) is 19.5 Å². The number of oxazole rings is 1. The fourth-order valence-electron chi connectivity index (χ4n) is 5.49. The molecule has 0 aliphatic carbocycles. The number of primary amides is 1. The Morgan fingerprint density at radius 1 is 1.25 bits per heavy atom. The number of methoxy groups -OCH3 is 2. The molecule has 2 bridgehead atoms. The summed E-state index contributed by atoms with van der Waals surface area (Å²) >= 11 is 0. The number of nitrogens with two attached hydrogens (primary N) is 1. The Morgan fingerprint density at radius 2 is 1.95 bits per heavy atom. The van der Waals surface area contributed by atoms with E-state index in [0.717, 1.165) is 0 Å². The number of allylic oxidation sites excluding steroid dienone is 3. The molecule has 2 aromatic rings. The van der Waals surface area contributed by atoms with Gasteiger partial charge in [0.2, 0.25) is 0 Å². The first kappa shape index (κ1) is 34.4. The number of anilines is 1. The number of nitrogens with zero attached hydrogens (tertiary/aromatic N) is 1. The predicted molar refractivity (Wildman–Crippen MR) is 166 cm³/mol. The lowest BCUT2D eigenvalue weighted by atomic mass is 9.88. The van der Waals surface area contributed by atoms with Crippen LogP contribution in [0.3, 0.4) is 0 Å². The number of fused-ring (bicyclic) bond motifs is 4. The van der Waals surface area contributed by atoms with Crippen molar-refractivity contribution < 1.29 is 38.4 Å². The maximum absolute atomic E-state index is 13.1. The molecular formula is C32H43N3O9. The summed E-state index contributed by atoms with van der Waals surface area (Å²) in [6, 6.07) is 1.41. The highest BCUT2D eigenvalue weighted by atomic mass is 16.6. The smallest absolute Gasteiger partial charge is 0.420 e. The van der Waals surface area contributed by atoms with Gasteiger partial charge in [-0.25, -0.2) is 9.59 Å². The van der Waals surface area contributed by atoms with E-state index in [9.17, 15) is 24.6 Å². The number of phenolic OH excluding ortho intramolecular Hbond substituents is 1. The van der Waals surface area contributed by atoms with Crippen LogP contribution in [0, 0.1) is 11.8 Å². The van der Waals surface area contributed by atoms with E-state index in [0.29, 0.717) is 23.1 Å². The molecule has 0 fully saturated rings. The Labute approximate surface area is 256 Å². The monoisotopic (exact) mass is 613 g/mol. The van der Waals surface area contributed by atoms with Crippen LogP contribution < -0.4 is 16.8 Å². The van der Waals surface area contributed by atoms with Crippen LogP contribution in [0.4, 0.5) is 10.5 Å². The van der Waals surface area contributed by atoms with Crippen LogP contribution in [0.2, 0.25) is 0 Å². The number of hydrogen-bond donors (Lipinski definition) is 4. The zero-order chi connectivity index (χ0) is 32.7. The molecule has 5 N–H and O–H groups in total. The number of aliphatic hydroxyl groups excluding tert-OH is 1. The first-order chi connectivity index (χ1) is 20.8. The number of aromatic nitrogens is 1. The number of rotatable bonds is 5. The molecule has 2 amide bonds. The van der Waals surface area contributed by atoms with E-state index in [1.54, 1.807) is 38.2 Å². The SMILES string of the molecule is C=CCn1c(=O)oc2cc3c(O)c(c21)C[C@@H](C)C[C@H](OC)C(O)[C@@H](C)/C=C(\C)C(OC(N)=O)C(OC)/C=C\C=C(/C)C(=O)N3. The fourth-order valence-corrected chi connectivity index (χ4v) is 5.49. The van der Waals surface area contributed by atoms with Crippen molar-refractivity contribution in [2.45, 2.75) is 71.5 Å². The predicted octanol–water partition coefficient (Wildman–Crippen LogP) is 3.95. The van der Waals surface area contributed by atoms with Crippen molar-refractivity contribution in [1.82, 2.24) is 4.57 Å². The Morgan fingerprint density at radius 3 is 2.57 bits per heavy atom. The van der Waals surface area contributed by atoms with Crippen molar-refractivity contribution in [3.8, 4) is 5.75 Å². The molecule has 240 valence electrons. The Balaban J connectivity index is 2.19. The second-order valence-corrected chi connectivity index (χ2v) is 11.2. The molecule has 0 saturated carbocycles. The van der Waals surface area contributed by atoms with Crippen LogP contribution in [-0.4, -0.2) is 65.4 Å². The van der Waals surface area contributed by atoms with Crippen molar-refractivity contribution in [1.29, 1.82) is 0 Å². The summed E-state index contributed by atoms with van der Waals surface area (Å²) in [5.74, 6) is -1.95. The van der Waals surface area contributed by atoms with Gasteiger partial charge in [0.25, 0.3) is 5.91 Å². The number of ether oxygens (including phenoxy) is 3. The molecule has 2 heterocycles. The highest BCUT2D eigenvalue weighted by molar-refractivity contribution is 6.05. The summed E-state index contributed by atoms with van der Waals surface area (Å²) in [6.45, 7) is 10.9. The summed E-state index contributed by atoms with van der Waals surface area (Å²) in [7, 11) is 2.94. The molecule has 0 spiro atoms. The van der Waals surface area contributed by atoms with E-state index in [2.05, 4.69) is 11.9 Å². The Kier molecular flexibility index (Phi) is 11.7. The lowest BCUT2D eigenvalue weighted by Crippen LogP contribution is -2.37. The molecule has 1 aromatic carbocycles. The summed E-state index contributed by atoms with van der Waals surface area (Å²) in [5.41, 5.74) is 7.30. The maximum atomic E-state index is 13.1. The molecule has 0 saturated heterocycles. The standard InChI is InChI=1S/C32H43N3O9/c1-8-12-35-26-21-13-17(2)14-25(42-7)27(36)19(4)15-20(5)29(44-31(33)39)23(41-6)11-9-10-18(3)30(38)34-22(28(21)37)16-24(26)43-32(35)40/h8-11,15-17,19,23,25,27,29,36-37H,1,12-14H2,2-7H3,(H2,33,39)(H,34,38)/b11-9-,18-10+,20-15+/t17-,19+,23?,25+,27?,29?/m1/s1.